The van der Waals surface area contributed by atoms with Gasteiger partial charge in [0.05, 0.1) is 12.2 Å². The second-order valence-corrected chi connectivity index (χ2v) is 7.50. The van der Waals surface area contributed by atoms with Crippen LogP contribution in [0.15, 0.2) is 46.3 Å². The number of rotatable bonds is 6. The fraction of sp³-hybridized carbons (Fsp3) is 0.286. The minimum Gasteiger partial charge on any atom is -0.493 e. The smallest absolute Gasteiger partial charge is 0.326 e. The van der Waals surface area contributed by atoms with Crippen molar-refractivity contribution in [3.8, 4) is 5.88 Å². The molecule has 158 valence electrons. The lowest BCUT2D eigenvalue weighted by Crippen LogP contribution is -2.31. The average Bonchev–Trinajstić information content (AvgIpc) is 3.41. The first-order chi connectivity index (χ1) is 15.1. The molecule has 0 amide bonds. The topological polar surface area (TPSA) is 128 Å². The first-order valence-corrected chi connectivity index (χ1v) is 10.2. The molecule has 4 aromatic rings. The van der Waals surface area contributed by atoms with Gasteiger partial charge in [0.1, 0.15) is 5.69 Å². The van der Waals surface area contributed by atoms with Crippen LogP contribution in [-0.2, 0) is 6.54 Å². The van der Waals surface area contributed by atoms with E-state index in [1.165, 1.54) is 0 Å². The molecule has 0 saturated heterocycles. The molecule has 1 fully saturated rings. The highest BCUT2D eigenvalue weighted by atomic mass is 16.3. The van der Waals surface area contributed by atoms with Crippen LogP contribution in [-0.4, -0.2) is 47.2 Å². The molecule has 1 aromatic carbocycles. The van der Waals surface area contributed by atoms with E-state index in [4.69, 9.17) is 15.0 Å². The summed E-state index contributed by atoms with van der Waals surface area (Å²) < 4.78 is 1.60. The maximum atomic E-state index is 11.5. The third-order valence-electron chi connectivity index (χ3n) is 5.13. The average molecular weight is 418 g/mol. The van der Waals surface area contributed by atoms with Crippen LogP contribution in [0.4, 0.5) is 5.95 Å². The van der Waals surface area contributed by atoms with Gasteiger partial charge in [-0.05, 0) is 31.4 Å². The molecule has 3 N–H and O–H groups in total. The summed E-state index contributed by atoms with van der Waals surface area (Å²) in [7, 11) is 0. The van der Waals surface area contributed by atoms with Gasteiger partial charge in [0, 0.05) is 18.3 Å². The standard InChI is InChI=1S/C21H22N8O2/c1-2-28(12-13-6-4-3-5-7-13)19-25-17-14(10-16-18(30)26-21(31)24-16)11-22-29(17)20(27-19)23-15-8-9-15/h3-7,10-11,15,30H,2,8-9,12H2,1H3,(H2,24,26,31)/b14-10+,23-20?. The Morgan fingerprint density at radius 3 is 2.74 bits per heavy atom. The highest BCUT2D eigenvalue weighted by molar-refractivity contribution is 5.57. The quantitative estimate of drug-likeness (QED) is 0.418. The maximum Gasteiger partial charge on any atom is 0.326 e. The Kier molecular flexibility index (Phi) is 4.73. The number of nitrogens with one attached hydrogen (secondary N) is 2. The van der Waals surface area contributed by atoms with Crippen LogP contribution >= 0.6 is 0 Å². The Labute approximate surface area is 176 Å². The summed E-state index contributed by atoms with van der Waals surface area (Å²) in [6, 6.07) is 10.4. The molecule has 10 nitrogen and oxygen atoms in total. The number of fused-ring (bicyclic) bond motifs is 1. The van der Waals surface area contributed by atoms with Crippen LogP contribution in [0.25, 0.3) is 11.7 Å². The van der Waals surface area contributed by atoms with E-state index in [2.05, 4.69) is 39.0 Å². The predicted molar refractivity (Wildman–Crippen MR) is 114 cm³/mol. The highest BCUT2D eigenvalue weighted by Gasteiger charge is 2.21. The fourth-order valence-corrected chi connectivity index (χ4v) is 3.34. The van der Waals surface area contributed by atoms with E-state index < -0.39 is 5.69 Å². The van der Waals surface area contributed by atoms with Gasteiger partial charge in [-0.15, -0.1) is 0 Å². The molecule has 31 heavy (non-hydrogen) atoms. The van der Waals surface area contributed by atoms with Gasteiger partial charge in [0.15, 0.2) is 5.65 Å². The molecule has 0 aliphatic heterocycles. The van der Waals surface area contributed by atoms with E-state index >= 15 is 0 Å². The number of hydrogen-bond donors (Lipinski definition) is 3. The molecule has 0 spiro atoms. The number of benzene rings is 1. The SMILES string of the molecule is CCN(Cc1ccccc1)c1nc(=NC2CC2)n2nc/c(=C\c3[nH]c(=O)[nH]c3O)c2n1. The number of imidazole rings is 1. The van der Waals surface area contributed by atoms with Crippen molar-refractivity contribution in [2.24, 2.45) is 4.99 Å². The van der Waals surface area contributed by atoms with Crippen LogP contribution < -0.4 is 21.4 Å². The Morgan fingerprint density at radius 2 is 2.06 bits per heavy atom. The van der Waals surface area contributed by atoms with Gasteiger partial charge >= 0.3 is 5.69 Å². The first kappa shape index (κ1) is 19.0. The van der Waals surface area contributed by atoms with E-state index in [-0.39, 0.29) is 17.6 Å². The second-order valence-electron chi connectivity index (χ2n) is 7.50. The number of aromatic nitrogens is 6. The lowest BCUT2D eigenvalue weighted by atomic mass is 10.2. The molecule has 3 aromatic heterocycles. The minimum absolute atomic E-state index is 0.235. The predicted octanol–water partition coefficient (Wildman–Crippen LogP) is 0.484. The summed E-state index contributed by atoms with van der Waals surface area (Å²) in [6.07, 6.45) is 5.33. The Hall–Kier alpha value is -3.95. The summed E-state index contributed by atoms with van der Waals surface area (Å²) in [5.74, 6) is 0.320. The van der Waals surface area contributed by atoms with Crippen molar-refractivity contribution in [3.05, 3.63) is 69.1 Å². The van der Waals surface area contributed by atoms with Gasteiger partial charge in [-0.25, -0.2) is 9.79 Å². The number of anilines is 1. The highest BCUT2D eigenvalue weighted by Crippen LogP contribution is 2.22. The van der Waals surface area contributed by atoms with Gasteiger partial charge < -0.3 is 15.0 Å². The lowest BCUT2D eigenvalue weighted by Gasteiger charge is -2.20. The van der Waals surface area contributed by atoms with Gasteiger partial charge in [-0.3, -0.25) is 4.98 Å². The maximum absolute atomic E-state index is 11.5. The Morgan fingerprint density at radius 1 is 1.26 bits per heavy atom. The number of hydrogen-bond acceptors (Lipinski definition) is 7. The number of H-pyrrole nitrogens is 2. The van der Waals surface area contributed by atoms with E-state index in [1.54, 1.807) is 16.8 Å². The van der Waals surface area contributed by atoms with Gasteiger partial charge in [-0.1, -0.05) is 30.3 Å². The molecule has 1 aliphatic carbocycles. The van der Waals surface area contributed by atoms with Crippen molar-refractivity contribution in [3.63, 3.8) is 0 Å². The summed E-state index contributed by atoms with van der Waals surface area (Å²) >= 11 is 0. The van der Waals surface area contributed by atoms with Crippen molar-refractivity contribution >= 4 is 17.7 Å². The van der Waals surface area contributed by atoms with Crippen LogP contribution in [0.1, 0.15) is 31.0 Å². The van der Waals surface area contributed by atoms with E-state index in [1.807, 2.05) is 18.2 Å². The van der Waals surface area contributed by atoms with E-state index in [0.29, 0.717) is 35.5 Å². The van der Waals surface area contributed by atoms with Gasteiger partial charge in [0.2, 0.25) is 11.8 Å². The number of aromatic hydroxyl groups is 1. The molecule has 1 saturated carbocycles. The van der Waals surface area contributed by atoms with Crippen molar-refractivity contribution in [1.29, 1.82) is 0 Å². The monoisotopic (exact) mass is 418 g/mol. The van der Waals surface area contributed by atoms with Gasteiger partial charge in [0.25, 0.3) is 5.62 Å². The van der Waals surface area contributed by atoms with E-state index in [0.717, 1.165) is 18.4 Å². The third kappa shape index (κ3) is 3.91. The Bertz CT molecular complexity index is 1400. The second kappa shape index (κ2) is 7.71. The summed E-state index contributed by atoms with van der Waals surface area (Å²) in [5, 5.41) is 15.0. The van der Waals surface area contributed by atoms with E-state index in [9.17, 15) is 9.90 Å². The zero-order valence-corrected chi connectivity index (χ0v) is 17.0. The fourth-order valence-electron chi connectivity index (χ4n) is 3.34. The van der Waals surface area contributed by atoms with Gasteiger partial charge in [-0.2, -0.15) is 19.6 Å². The van der Waals surface area contributed by atoms with Crippen molar-refractivity contribution < 1.29 is 5.11 Å². The van der Waals surface area contributed by atoms with Crippen molar-refractivity contribution in [1.82, 2.24) is 29.5 Å². The molecular formula is C21H22N8O2. The van der Waals surface area contributed by atoms with Crippen LogP contribution in [0.3, 0.4) is 0 Å². The van der Waals surface area contributed by atoms with Crippen molar-refractivity contribution in [2.75, 3.05) is 11.4 Å². The molecule has 1 aliphatic rings. The van der Waals surface area contributed by atoms with Crippen LogP contribution in [0, 0.1) is 0 Å². The molecule has 10 heteroatoms. The zero-order valence-electron chi connectivity index (χ0n) is 17.0. The molecular weight excluding hydrogens is 396 g/mol. The van der Waals surface area contributed by atoms with Crippen molar-refractivity contribution in [2.45, 2.75) is 32.4 Å². The molecule has 0 atom stereocenters. The minimum atomic E-state index is -0.486. The molecule has 5 rings (SSSR count). The van der Waals surface area contributed by atoms with Crippen LogP contribution in [0.5, 0.6) is 5.88 Å². The summed E-state index contributed by atoms with van der Waals surface area (Å²) in [5.41, 5.74) is 1.98. The largest absolute Gasteiger partial charge is 0.493 e. The lowest BCUT2D eigenvalue weighted by molar-refractivity contribution is 0.454. The summed E-state index contributed by atoms with van der Waals surface area (Å²) in [4.78, 5) is 32.6. The number of nitrogens with zero attached hydrogens (tertiary/aromatic N) is 6. The molecule has 0 bridgehead atoms. The Balaban J connectivity index is 1.66. The first-order valence-electron chi connectivity index (χ1n) is 10.2. The third-order valence-corrected chi connectivity index (χ3v) is 5.13. The zero-order chi connectivity index (χ0) is 21.4. The number of aromatic amines is 2. The normalized spacial score (nSPS) is 15.1. The molecule has 0 radical (unpaired) electrons. The summed E-state index contributed by atoms with van der Waals surface area (Å²) in [6.45, 7) is 3.43. The van der Waals surface area contributed by atoms with Crippen LogP contribution in [0.2, 0.25) is 0 Å². The molecule has 3 heterocycles. The molecule has 0 unspecified atom stereocenters.